The molecule has 1 fully saturated rings. The maximum Gasteiger partial charge on any atom is 0.112 e. The van der Waals surface area contributed by atoms with Gasteiger partial charge in [-0.25, -0.2) is 4.98 Å². The molecule has 1 aliphatic rings. The molecule has 0 amide bonds. The molecule has 23 heavy (non-hydrogen) atoms. The minimum atomic E-state index is -0.782. The van der Waals surface area contributed by atoms with E-state index in [1.807, 2.05) is 36.6 Å². The molecular weight excluding hydrogens is 300 g/mol. The maximum atomic E-state index is 9.20. The minimum absolute atomic E-state index is 0.0412. The van der Waals surface area contributed by atoms with Gasteiger partial charge in [-0.2, -0.15) is 0 Å². The Labute approximate surface area is 142 Å². The fraction of sp³-hybridized carbons (Fsp3) is 0.250. The number of nitrogens with zero attached hydrogens (tertiary/aromatic N) is 2. The van der Waals surface area contributed by atoms with Gasteiger partial charge < -0.3 is 0 Å². The van der Waals surface area contributed by atoms with Crippen LogP contribution in [0.15, 0.2) is 66.0 Å². The van der Waals surface area contributed by atoms with E-state index in [1.54, 1.807) is 11.3 Å². The monoisotopic (exact) mass is 321 g/mol. The Hall–Kier alpha value is -1.97. The van der Waals surface area contributed by atoms with Gasteiger partial charge in [0.05, 0.1) is 13.4 Å². The molecule has 1 saturated heterocycles. The maximum absolute atomic E-state index is 9.20. The summed E-state index contributed by atoms with van der Waals surface area (Å²) in [6, 6.07) is 20.2. The van der Waals surface area contributed by atoms with Crippen LogP contribution in [0.3, 0.4) is 0 Å². The van der Waals surface area contributed by atoms with Crippen molar-refractivity contribution in [3.63, 3.8) is 0 Å². The van der Waals surface area contributed by atoms with E-state index >= 15 is 0 Å². The van der Waals surface area contributed by atoms with Crippen LogP contribution >= 0.6 is 11.3 Å². The summed E-state index contributed by atoms with van der Waals surface area (Å²) < 4.78 is 9.20. The van der Waals surface area contributed by atoms with E-state index in [1.165, 1.54) is 11.1 Å². The zero-order valence-electron chi connectivity index (χ0n) is 14.3. The molecule has 2 heterocycles. The van der Waals surface area contributed by atoms with Crippen LogP contribution in [-0.4, -0.2) is 9.88 Å². The molecule has 3 heteroatoms. The quantitative estimate of drug-likeness (QED) is 0.605. The number of benzene rings is 2. The fourth-order valence-electron chi connectivity index (χ4n) is 3.19. The van der Waals surface area contributed by atoms with E-state index in [9.17, 15) is 1.37 Å². The molecule has 0 spiro atoms. The van der Waals surface area contributed by atoms with E-state index in [4.69, 9.17) is 0 Å². The normalized spacial score (nSPS) is 28.2. The summed E-state index contributed by atoms with van der Waals surface area (Å²) >= 11 is 1.59. The molecule has 1 unspecified atom stereocenters. The first-order valence-electron chi connectivity index (χ1n) is 8.43. The van der Waals surface area contributed by atoms with E-state index in [2.05, 4.69) is 53.2 Å². The summed E-state index contributed by atoms with van der Waals surface area (Å²) in [6.07, 6.45) is 0. The first kappa shape index (κ1) is 13.5. The van der Waals surface area contributed by atoms with E-state index < -0.39 is 6.02 Å². The van der Waals surface area contributed by atoms with Crippen LogP contribution in [0.1, 0.15) is 48.2 Å². The highest BCUT2D eigenvalue weighted by Crippen LogP contribution is 2.59. The van der Waals surface area contributed by atoms with E-state index in [0.717, 1.165) is 10.7 Å². The van der Waals surface area contributed by atoms with Gasteiger partial charge >= 0.3 is 0 Å². The van der Waals surface area contributed by atoms with Gasteiger partial charge in [-0.1, -0.05) is 60.7 Å². The largest absolute Gasteiger partial charge is 0.276 e. The zero-order chi connectivity index (χ0) is 16.7. The molecule has 0 radical (unpaired) electrons. The Morgan fingerprint density at radius 1 is 1.09 bits per heavy atom. The van der Waals surface area contributed by atoms with Crippen LogP contribution in [0.4, 0.5) is 0 Å². The first-order valence-corrected chi connectivity index (χ1v) is 8.81. The lowest BCUT2D eigenvalue weighted by Crippen LogP contribution is -2.07. The van der Waals surface area contributed by atoms with Crippen molar-refractivity contribution in [1.29, 1.82) is 0 Å². The number of thiazole rings is 1. The molecule has 2 aromatic carbocycles. The van der Waals surface area contributed by atoms with Crippen molar-refractivity contribution in [2.45, 2.75) is 31.9 Å². The molecule has 1 aliphatic heterocycles. The van der Waals surface area contributed by atoms with E-state index in [-0.39, 0.29) is 12.1 Å². The first-order chi connectivity index (χ1) is 11.6. The Kier molecular flexibility index (Phi) is 3.46. The molecule has 0 N–H and O–H groups in total. The van der Waals surface area contributed by atoms with Gasteiger partial charge in [-0.15, -0.1) is 11.3 Å². The zero-order valence-corrected chi connectivity index (χ0v) is 14.1. The predicted octanol–water partition coefficient (Wildman–Crippen LogP) is 5.31. The van der Waals surface area contributed by atoms with Crippen molar-refractivity contribution in [2.24, 2.45) is 0 Å². The van der Waals surface area contributed by atoms with Crippen molar-refractivity contribution < 1.29 is 1.37 Å². The van der Waals surface area contributed by atoms with Gasteiger partial charge in [-0.05, 0) is 25.0 Å². The van der Waals surface area contributed by atoms with Crippen LogP contribution in [0.2, 0.25) is 0 Å². The Morgan fingerprint density at radius 3 is 2.35 bits per heavy atom. The molecule has 116 valence electrons. The number of rotatable bonds is 4. The van der Waals surface area contributed by atoms with Gasteiger partial charge in [-0.3, -0.25) is 4.90 Å². The fourth-order valence-corrected chi connectivity index (χ4v) is 4.06. The average Bonchev–Trinajstić information content (AvgIpc) is 3.01. The van der Waals surface area contributed by atoms with Crippen LogP contribution in [0, 0.1) is 6.92 Å². The van der Waals surface area contributed by atoms with Gasteiger partial charge in [0.2, 0.25) is 0 Å². The molecule has 2 nitrogen and oxygen atoms in total. The van der Waals surface area contributed by atoms with Gasteiger partial charge in [0.25, 0.3) is 0 Å². The number of hydrogen-bond acceptors (Lipinski definition) is 3. The molecule has 0 aliphatic carbocycles. The van der Waals surface area contributed by atoms with Gasteiger partial charge in [0, 0.05) is 17.1 Å². The Bertz CT molecular complexity index is 833. The third-order valence-corrected chi connectivity index (χ3v) is 5.38. The molecular formula is C20H20N2S. The predicted molar refractivity (Wildman–Crippen MR) is 95.5 cm³/mol. The summed E-state index contributed by atoms with van der Waals surface area (Å²) in [4.78, 5) is 6.90. The van der Waals surface area contributed by atoms with Crippen LogP contribution < -0.4 is 0 Å². The molecule has 3 aromatic rings. The second-order valence-electron chi connectivity index (χ2n) is 5.99. The second-order valence-corrected chi connectivity index (χ2v) is 6.84. The Morgan fingerprint density at radius 2 is 1.74 bits per heavy atom. The summed E-state index contributed by atoms with van der Waals surface area (Å²) in [5, 5.41) is 2.92. The molecule has 4 rings (SSSR count). The number of aromatic nitrogens is 1. The highest BCUT2D eigenvalue weighted by molar-refractivity contribution is 7.09. The topological polar surface area (TPSA) is 15.9 Å². The number of aryl methyl sites for hydroxylation is 1. The van der Waals surface area contributed by atoms with E-state index in [0.29, 0.717) is 0 Å². The standard InChI is InChI=1S/C20H20N2S/c1-14-13-23-20(21-14)19-18(17-11-7-4-8-12-17)22(19)15(2)16-9-5-3-6-10-16/h3-13,15,18-19H,1-2H3/t15-,18-,19-,22?/m0/s1/i19D. The smallest absolute Gasteiger partial charge is 0.112 e. The molecule has 4 atom stereocenters. The highest BCUT2D eigenvalue weighted by atomic mass is 32.1. The van der Waals surface area contributed by atoms with Gasteiger partial charge in [0.1, 0.15) is 5.01 Å². The highest BCUT2D eigenvalue weighted by Gasteiger charge is 2.53. The summed E-state index contributed by atoms with van der Waals surface area (Å²) in [7, 11) is 0. The lowest BCUT2D eigenvalue weighted by molar-refractivity contribution is 0.386. The van der Waals surface area contributed by atoms with Crippen molar-refractivity contribution in [3.8, 4) is 0 Å². The molecule has 0 saturated carbocycles. The van der Waals surface area contributed by atoms with Crippen molar-refractivity contribution in [1.82, 2.24) is 9.88 Å². The van der Waals surface area contributed by atoms with Crippen LogP contribution in [0.25, 0.3) is 0 Å². The summed E-state index contributed by atoms with van der Waals surface area (Å²) in [6.45, 7) is 4.18. The molecule has 0 bridgehead atoms. The lowest BCUT2D eigenvalue weighted by Gasteiger charge is -2.15. The second kappa shape index (κ2) is 5.91. The SMILES string of the molecule is [2H][C@@]1(c2nc(C)cs2)[C@H](c2ccccc2)N1[C@@H](C)c1ccccc1. The van der Waals surface area contributed by atoms with Crippen molar-refractivity contribution >= 4 is 11.3 Å². The van der Waals surface area contributed by atoms with Crippen LogP contribution in [-0.2, 0) is 0 Å². The lowest BCUT2D eigenvalue weighted by atomic mass is 10.1. The van der Waals surface area contributed by atoms with Crippen molar-refractivity contribution in [3.05, 3.63) is 87.9 Å². The molecule has 1 aromatic heterocycles. The van der Waals surface area contributed by atoms with Gasteiger partial charge in [0.15, 0.2) is 0 Å². The third-order valence-electron chi connectivity index (χ3n) is 4.40. The summed E-state index contributed by atoms with van der Waals surface area (Å²) in [5.41, 5.74) is 3.41. The number of hydrogen-bond donors (Lipinski definition) is 0. The summed E-state index contributed by atoms with van der Waals surface area (Å²) in [5.74, 6) is 0. The Balaban J connectivity index is 1.76. The van der Waals surface area contributed by atoms with Crippen molar-refractivity contribution in [2.75, 3.05) is 0 Å². The minimum Gasteiger partial charge on any atom is -0.276 e. The average molecular weight is 321 g/mol. The van der Waals surface area contributed by atoms with Crippen LogP contribution in [0.5, 0.6) is 0 Å². The third kappa shape index (κ3) is 2.71.